The molecule has 40 valence electrons. The maximum absolute atomic E-state index is 3.37. The SMILES string of the molecule is P=Pc1ccccc1. The molecule has 0 amide bonds. The lowest BCUT2D eigenvalue weighted by Gasteiger charge is -1.83. The van der Waals surface area contributed by atoms with Gasteiger partial charge in [-0.1, -0.05) is 38.9 Å². The first-order valence-electron chi connectivity index (χ1n) is 2.36. The molecule has 0 saturated carbocycles. The van der Waals surface area contributed by atoms with Gasteiger partial charge in [-0.2, -0.15) is 0 Å². The quantitative estimate of drug-likeness (QED) is 0.525. The van der Waals surface area contributed by atoms with Crippen molar-refractivity contribution in [1.82, 2.24) is 0 Å². The molecule has 1 aromatic rings. The van der Waals surface area contributed by atoms with Crippen molar-refractivity contribution in [2.75, 3.05) is 0 Å². The Morgan fingerprint density at radius 3 is 2.12 bits per heavy atom. The molecule has 0 heterocycles. The minimum Gasteiger partial charge on any atom is -0.0884 e. The molecule has 0 radical (unpaired) electrons. The van der Waals surface area contributed by atoms with Crippen LogP contribution in [0.3, 0.4) is 0 Å². The molecule has 0 bridgehead atoms. The molecule has 0 spiro atoms. The van der Waals surface area contributed by atoms with Crippen molar-refractivity contribution in [2.24, 2.45) is 0 Å². The number of rotatable bonds is 1. The molecule has 0 unspecified atom stereocenters. The van der Waals surface area contributed by atoms with Gasteiger partial charge in [0.2, 0.25) is 0 Å². The summed E-state index contributed by atoms with van der Waals surface area (Å²) in [5.41, 5.74) is 0. The Morgan fingerprint density at radius 2 is 1.75 bits per heavy atom. The lowest BCUT2D eigenvalue weighted by molar-refractivity contribution is 1.78. The van der Waals surface area contributed by atoms with Gasteiger partial charge >= 0.3 is 0 Å². The third kappa shape index (κ3) is 1.40. The summed E-state index contributed by atoms with van der Waals surface area (Å²) in [6.45, 7) is 0. The molecule has 0 aliphatic rings. The molecule has 0 atom stereocenters. The summed E-state index contributed by atoms with van der Waals surface area (Å²) in [4.78, 5) is 0. The van der Waals surface area contributed by atoms with E-state index in [1.807, 2.05) is 18.2 Å². The second kappa shape index (κ2) is 2.97. The topological polar surface area (TPSA) is 0 Å². The summed E-state index contributed by atoms with van der Waals surface area (Å²) in [5.74, 6) is 0. The van der Waals surface area contributed by atoms with Crippen LogP contribution in [0.1, 0.15) is 0 Å². The predicted molar refractivity (Wildman–Crippen MR) is 41.3 cm³/mol. The first-order chi connectivity index (χ1) is 3.93. The summed E-state index contributed by atoms with van der Waals surface area (Å²) in [6, 6.07) is 10.2. The summed E-state index contributed by atoms with van der Waals surface area (Å²) in [5, 5.41) is 1.30. The van der Waals surface area contributed by atoms with Crippen molar-refractivity contribution in [3.8, 4) is 0 Å². The van der Waals surface area contributed by atoms with E-state index in [4.69, 9.17) is 0 Å². The number of hydrogen-bond donors (Lipinski definition) is 0. The van der Waals surface area contributed by atoms with Crippen LogP contribution in [0.15, 0.2) is 30.3 Å². The zero-order valence-electron chi connectivity index (χ0n) is 4.33. The van der Waals surface area contributed by atoms with Gasteiger partial charge in [0.25, 0.3) is 0 Å². The summed E-state index contributed by atoms with van der Waals surface area (Å²) < 4.78 is 0. The fourth-order valence-electron chi connectivity index (χ4n) is 0.503. The molecule has 0 N–H and O–H groups in total. The molecule has 0 fully saturated rings. The van der Waals surface area contributed by atoms with E-state index in [2.05, 4.69) is 20.7 Å². The van der Waals surface area contributed by atoms with Crippen LogP contribution in [0.25, 0.3) is 0 Å². The van der Waals surface area contributed by atoms with E-state index in [0.29, 0.717) is 0 Å². The lowest BCUT2D eigenvalue weighted by Crippen LogP contribution is -1.84. The highest BCUT2D eigenvalue weighted by molar-refractivity contribution is 7.79. The maximum atomic E-state index is 3.37. The van der Waals surface area contributed by atoms with Gasteiger partial charge in [0.15, 0.2) is 0 Å². The third-order valence-corrected chi connectivity index (χ3v) is 2.22. The van der Waals surface area contributed by atoms with Crippen molar-refractivity contribution in [1.29, 1.82) is 0 Å². The van der Waals surface area contributed by atoms with E-state index in [1.165, 1.54) is 5.30 Å². The van der Waals surface area contributed by atoms with Crippen LogP contribution in [0, 0.1) is 0 Å². The Balaban J connectivity index is 2.99. The van der Waals surface area contributed by atoms with Gasteiger partial charge in [-0.15, -0.1) is 0 Å². The normalized spacial score (nSPS) is 9.50. The third-order valence-electron chi connectivity index (χ3n) is 0.885. The highest BCUT2D eigenvalue weighted by atomic mass is 31.7. The average molecular weight is 140 g/mol. The Morgan fingerprint density at radius 1 is 1.12 bits per heavy atom. The van der Waals surface area contributed by atoms with Gasteiger partial charge in [0.05, 0.1) is 0 Å². The van der Waals surface area contributed by atoms with Gasteiger partial charge in [-0.25, -0.2) is 0 Å². The molecule has 2 heteroatoms. The van der Waals surface area contributed by atoms with E-state index < -0.39 is 0 Å². The summed E-state index contributed by atoms with van der Waals surface area (Å²) in [7, 11) is 4.53. The van der Waals surface area contributed by atoms with E-state index >= 15 is 0 Å². The number of benzene rings is 1. The predicted octanol–water partition coefficient (Wildman–Crippen LogP) is 2.32. The molecule has 1 rings (SSSR count). The van der Waals surface area contributed by atoms with Gasteiger partial charge in [0.1, 0.15) is 0 Å². The van der Waals surface area contributed by atoms with E-state index in [0.717, 1.165) is 7.87 Å². The van der Waals surface area contributed by atoms with Crippen LogP contribution in [0.2, 0.25) is 0 Å². The fourth-order valence-corrected chi connectivity index (χ4v) is 1.27. The Hall–Kier alpha value is -0.180. The van der Waals surface area contributed by atoms with Crippen molar-refractivity contribution >= 4 is 21.7 Å². The average Bonchev–Trinajstić information content (AvgIpc) is 1.90. The first kappa shape index (κ1) is 5.95. The zero-order chi connectivity index (χ0) is 5.82. The molecule has 1 aromatic carbocycles. The molecule has 0 nitrogen and oxygen atoms in total. The number of hydrogen-bond acceptors (Lipinski definition) is 0. The molecule has 0 aliphatic carbocycles. The monoisotopic (exact) mass is 140 g/mol. The second-order valence-electron chi connectivity index (χ2n) is 1.45. The minimum absolute atomic E-state index is 1.15. The van der Waals surface area contributed by atoms with Crippen molar-refractivity contribution in [3.05, 3.63) is 30.3 Å². The largest absolute Gasteiger partial charge is 0.0884 e. The van der Waals surface area contributed by atoms with Crippen LogP contribution < -0.4 is 5.30 Å². The van der Waals surface area contributed by atoms with E-state index in [9.17, 15) is 0 Å². The molecule has 0 aromatic heterocycles. The van der Waals surface area contributed by atoms with Gasteiger partial charge < -0.3 is 0 Å². The van der Waals surface area contributed by atoms with E-state index in [-0.39, 0.29) is 0 Å². The Bertz CT molecular complexity index is 169. The summed E-state index contributed by atoms with van der Waals surface area (Å²) >= 11 is 0. The second-order valence-corrected chi connectivity index (χ2v) is 2.86. The molecular weight excluding hydrogens is 134 g/mol. The molecule has 0 aliphatic heterocycles. The van der Waals surface area contributed by atoms with Crippen LogP contribution in [0.4, 0.5) is 0 Å². The van der Waals surface area contributed by atoms with Gasteiger partial charge in [0, 0.05) is 5.30 Å². The van der Waals surface area contributed by atoms with Crippen molar-refractivity contribution in [2.45, 2.75) is 0 Å². The van der Waals surface area contributed by atoms with Crippen LogP contribution in [0.5, 0.6) is 0 Å². The van der Waals surface area contributed by atoms with Crippen LogP contribution in [-0.4, -0.2) is 0 Å². The molecule has 8 heavy (non-hydrogen) atoms. The highest BCUT2D eigenvalue weighted by Crippen LogP contribution is 2.00. The molecule has 0 saturated heterocycles. The highest BCUT2D eigenvalue weighted by Gasteiger charge is 1.77. The van der Waals surface area contributed by atoms with Crippen molar-refractivity contribution < 1.29 is 0 Å². The standard InChI is InChI=1S/C6H6P2/c7-8-6-4-2-1-3-5-6/h1-5,7H. The zero-order valence-corrected chi connectivity index (χ0v) is 6.23. The van der Waals surface area contributed by atoms with Crippen molar-refractivity contribution in [3.63, 3.8) is 0 Å². The fraction of sp³-hybridized carbons (Fsp3) is 0. The Labute approximate surface area is 52.8 Å². The van der Waals surface area contributed by atoms with E-state index in [1.54, 1.807) is 0 Å². The lowest BCUT2D eigenvalue weighted by atomic mass is 10.4. The van der Waals surface area contributed by atoms with Crippen LogP contribution in [-0.2, 0) is 0 Å². The minimum atomic E-state index is 1.15. The summed E-state index contributed by atoms with van der Waals surface area (Å²) in [6.07, 6.45) is 0. The van der Waals surface area contributed by atoms with Crippen LogP contribution >= 0.6 is 16.4 Å². The molecular formula is C6H6P2. The smallest absolute Gasteiger partial charge is 0.00575 e. The van der Waals surface area contributed by atoms with Gasteiger partial charge in [-0.05, 0) is 7.87 Å². The first-order valence-corrected chi connectivity index (χ1v) is 4.59. The maximum Gasteiger partial charge on any atom is 0.00575 e. The van der Waals surface area contributed by atoms with Gasteiger partial charge in [-0.3, -0.25) is 0 Å². The Kier molecular flexibility index (Phi) is 2.21.